The lowest BCUT2D eigenvalue weighted by molar-refractivity contribution is -0.141. The van der Waals surface area contributed by atoms with Gasteiger partial charge in [-0.05, 0) is 17.9 Å². The van der Waals surface area contributed by atoms with Crippen molar-refractivity contribution in [2.75, 3.05) is 23.8 Å². The molecular weight excluding hydrogens is 345 g/mol. The third-order valence-electron chi connectivity index (χ3n) is 3.90. The molecule has 0 fully saturated rings. The minimum Gasteiger partial charge on any atom is -0.394 e. The van der Waals surface area contributed by atoms with E-state index in [-0.39, 0.29) is 24.3 Å². The summed E-state index contributed by atoms with van der Waals surface area (Å²) in [4.78, 5) is 7.65. The Bertz CT molecular complexity index is 693. The maximum atomic E-state index is 13.1. The Kier molecular flexibility index (Phi) is 6.79. The number of rotatable bonds is 8. The second-order valence-corrected chi connectivity index (χ2v) is 6.30. The van der Waals surface area contributed by atoms with E-state index < -0.39 is 17.9 Å². The van der Waals surface area contributed by atoms with Gasteiger partial charge in [-0.1, -0.05) is 44.2 Å². The van der Waals surface area contributed by atoms with E-state index in [0.29, 0.717) is 13.0 Å². The fraction of sp³-hybridized carbons (Fsp3) is 0.444. The van der Waals surface area contributed by atoms with E-state index in [9.17, 15) is 18.3 Å². The summed E-state index contributed by atoms with van der Waals surface area (Å²) in [6.07, 6.45) is -3.93. The van der Waals surface area contributed by atoms with Crippen molar-refractivity contribution in [2.24, 2.45) is 5.92 Å². The normalized spacial score (nSPS) is 12.9. The van der Waals surface area contributed by atoms with Crippen molar-refractivity contribution in [3.05, 3.63) is 47.7 Å². The number of benzene rings is 1. The number of hydrogen-bond donors (Lipinski definition) is 3. The summed E-state index contributed by atoms with van der Waals surface area (Å²) in [5, 5.41) is 15.1. The van der Waals surface area contributed by atoms with Crippen LogP contribution in [0.2, 0.25) is 0 Å². The Hall–Kier alpha value is -2.35. The third kappa shape index (κ3) is 5.87. The molecule has 1 atom stereocenters. The molecule has 0 saturated heterocycles. The topological polar surface area (TPSA) is 70.1 Å². The fourth-order valence-corrected chi connectivity index (χ4v) is 2.32. The van der Waals surface area contributed by atoms with Gasteiger partial charge in [0.05, 0.1) is 12.6 Å². The lowest BCUT2D eigenvalue weighted by Gasteiger charge is -2.21. The van der Waals surface area contributed by atoms with E-state index in [4.69, 9.17) is 0 Å². The first kappa shape index (κ1) is 20.0. The van der Waals surface area contributed by atoms with Crippen LogP contribution in [0, 0.1) is 5.92 Å². The number of hydrogen-bond acceptors (Lipinski definition) is 5. The Morgan fingerprint density at radius 3 is 2.38 bits per heavy atom. The number of aliphatic hydroxyl groups excluding tert-OH is 1. The highest BCUT2D eigenvalue weighted by molar-refractivity contribution is 5.43. The molecule has 0 aliphatic heterocycles. The average molecular weight is 368 g/mol. The first-order valence-corrected chi connectivity index (χ1v) is 8.41. The number of aromatic nitrogens is 2. The van der Waals surface area contributed by atoms with Crippen molar-refractivity contribution in [1.82, 2.24) is 9.97 Å². The van der Waals surface area contributed by atoms with Crippen LogP contribution in [0.1, 0.15) is 25.1 Å². The van der Waals surface area contributed by atoms with Crippen molar-refractivity contribution in [1.29, 1.82) is 0 Å². The van der Waals surface area contributed by atoms with E-state index in [2.05, 4.69) is 20.6 Å². The average Bonchev–Trinajstić information content (AvgIpc) is 2.59. The van der Waals surface area contributed by atoms with Crippen LogP contribution >= 0.6 is 0 Å². The largest absolute Gasteiger partial charge is 0.433 e. The molecule has 3 N–H and O–H groups in total. The molecule has 0 radical (unpaired) electrons. The minimum atomic E-state index is -4.58. The summed E-state index contributed by atoms with van der Waals surface area (Å²) in [5.41, 5.74) is 0.0428. The van der Waals surface area contributed by atoms with Gasteiger partial charge in [0, 0.05) is 12.6 Å². The molecule has 0 spiro atoms. The van der Waals surface area contributed by atoms with E-state index in [1.54, 1.807) is 0 Å². The molecule has 2 aromatic rings. The molecule has 0 saturated carbocycles. The van der Waals surface area contributed by atoms with E-state index in [0.717, 1.165) is 11.6 Å². The molecule has 1 aromatic carbocycles. The van der Waals surface area contributed by atoms with Gasteiger partial charge in [-0.3, -0.25) is 0 Å². The van der Waals surface area contributed by atoms with Crippen LogP contribution in [0.3, 0.4) is 0 Å². The molecular formula is C18H23F3N4O. The maximum absolute atomic E-state index is 13.1. The van der Waals surface area contributed by atoms with Crippen LogP contribution in [0.25, 0.3) is 0 Å². The third-order valence-corrected chi connectivity index (χ3v) is 3.90. The Labute approximate surface area is 150 Å². The summed E-state index contributed by atoms with van der Waals surface area (Å²) in [6, 6.07) is 10.1. The highest BCUT2D eigenvalue weighted by Gasteiger charge is 2.34. The lowest BCUT2D eigenvalue weighted by Crippen LogP contribution is -2.31. The Morgan fingerprint density at radius 2 is 1.81 bits per heavy atom. The number of aliphatic hydroxyl groups is 1. The van der Waals surface area contributed by atoms with Gasteiger partial charge in [-0.25, -0.2) is 4.98 Å². The highest BCUT2D eigenvalue weighted by Crippen LogP contribution is 2.30. The van der Waals surface area contributed by atoms with Crippen LogP contribution in [-0.2, 0) is 12.6 Å². The number of nitrogens with zero attached hydrogens (tertiary/aromatic N) is 2. The summed E-state index contributed by atoms with van der Waals surface area (Å²) in [7, 11) is 0. The Morgan fingerprint density at radius 1 is 1.12 bits per heavy atom. The predicted molar refractivity (Wildman–Crippen MR) is 95.0 cm³/mol. The second kappa shape index (κ2) is 8.84. The van der Waals surface area contributed by atoms with Crippen LogP contribution in [0.4, 0.5) is 24.9 Å². The Balaban J connectivity index is 2.14. The van der Waals surface area contributed by atoms with Gasteiger partial charge in [0.25, 0.3) is 0 Å². The summed E-state index contributed by atoms with van der Waals surface area (Å²) < 4.78 is 39.4. The fourth-order valence-electron chi connectivity index (χ4n) is 2.32. The second-order valence-electron chi connectivity index (χ2n) is 6.30. The predicted octanol–water partition coefficient (Wildman–Crippen LogP) is 3.58. The number of anilines is 2. The standard InChI is InChI=1S/C18H23F3N4O/c1-12(2)14(11-26)23-17-24-15(18(19,20)21)10-16(25-17)22-9-8-13-6-4-3-5-7-13/h3-7,10,12,14,26H,8-9,11H2,1-2H3,(H2,22,23,24,25)/t14-/m1/s1. The van der Waals surface area contributed by atoms with Crippen LogP contribution in [0.15, 0.2) is 36.4 Å². The van der Waals surface area contributed by atoms with E-state index in [1.165, 1.54) is 0 Å². The van der Waals surface area contributed by atoms with E-state index >= 15 is 0 Å². The summed E-state index contributed by atoms with van der Waals surface area (Å²) >= 11 is 0. The van der Waals surface area contributed by atoms with Gasteiger partial charge in [0.2, 0.25) is 5.95 Å². The van der Waals surface area contributed by atoms with Gasteiger partial charge in [-0.2, -0.15) is 18.2 Å². The molecule has 26 heavy (non-hydrogen) atoms. The highest BCUT2D eigenvalue weighted by atomic mass is 19.4. The molecule has 8 heteroatoms. The first-order chi connectivity index (χ1) is 12.3. The molecule has 0 bridgehead atoms. The monoisotopic (exact) mass is 368 g/mol. The number of alkyl halides is 3. The van der Waals surface area contributed by atoms with Crippen LogP contribution < -0.4 is 10.6 Å². The molecule has 0 unspecified atom stereocenters. The van der Waals surface area contributed by atoms with Gasteiger partial charge in [0.1, 0.15) is 5.82 Å². The van der Waals surface area contributed by atoms with Gasteiger partial charge >= 0.3 is 6.18 Å². The van der Waals surface area contributed by atoms with Crippen LogP contribution in [-0.4, -0.2) is 34.3 Å². The zero-order valence-electron chi connectivity index (χ0n) is 14.7. The lowest BCUT2D eigenvalue weighted by atomic mass is 10.1. The molecule has 1 heterocycles. The summed E-state index contributed by atoms with van der Waals surface area (Å²) in [6.45, 7) is 3.90. The molecule has 1 aromatic heterocycles. The first-order valence-electron chi connectivity index (χ1n) is 8.41. The van der Waals surface area contributed by atoms with Crippen molar-refractivity contribution >= 4 is 11.8 Å². The van der Waals surface area contributed by atoms with Crippen molar-refractivity contribution in [3.8, 4) is 0 Å². The van der Waals surface area contributed by atoms with Crippen molar-refractivity contribution in [3.63, 3.8) is 0 Å². The van der Waals surface area contributed by atoms with Crippen LogP contribution in [0.5, 0.6) is 0 Å². The summed E-state index contributed by atoms with van der Waals surface area (Å²) in [5.74, 6) is -0.0615. The van der Waals surface area contributed by atoms with Gasteiger partial charge < -0.3 is 15.7 Å². The molecule has 142 valence electrons. The van der Waals surface area contributed by atoms with Crippen molar-refractivity contribution < 1.29 is 18.3 Å². The van der Waals surface area contributed by atoms with Gasteiger partial charge in [0.15, 0.2) is 5.69 Å². The van der Waals surface area contributed by atoms with E-state index in [1.807, 2.05) is 44.2 Å². The smallest absolute Gasteiger partial charge is 0.394 e. The number of nitrogens with one attached hydrogen (secondary N) is 2. The zero-order valence-corrected chi connectivity index (χ0v) is 14.7. The van der Waals surface area contributed by atoms with Gasteiger partial charge in [-0.15, -0.1) is 0 Å². The zero-order chi connectivity index (χ0) is 19.2. The minimum absolute atomic E-state index is 0.00707. The quantitative estimate of drug-likeness (QED) is 0.664. The molecule has 2 rings (SSSR count). The van der Waals surface area contributed by atoms with Crippen molar-refractivity contribution in [2.45, 2.75) is 32.5 Å². The SMILES string of the molecule is CC(C)[C@@H](CO)Nc1nc(NCCc2ccccc2)cc(C(F)(F)F)n1. The number of halogens is 3. The molecule has 0 amide bonds. The molecule has 0 aliphatic carbocycles. The molecule has 5 nitrogen and oxygen atoms in total. The molecule has 0 aliphatic rings. The maximum Gasteiger partial charge on any atom is 0.433 e.